The van der Waals surface area contributed by atoms with E-state index in [4.69, 9.17) is 4.74 Å². The first kappa shape index (κ1) is 16.7. The topological polar surface area (TPSA) is 26.3 Å². The Balaban J connectivity index is 1.74. The second kappa shape index (κ2) is 8.08. The molecule has 2 nitrogen and oxygen atoms in total. The van der Waals surface area contributed by atoms with Crippen LogP contribution in [0.1, 0.15) is 23.1 Å². The summed E-state index contributed by atoms with van der Waals surface area (Å²) in [5.41, 5.74) is 3.52. The molecule has 0 heterocycles. The van der Waals surface area contributed by atoms with Crippen molar-refractivity contribution in [2.45, 2.75) is 26.0 Å². The number of rotatable bonds is 7. The predicted molar refractivity (Wildman–Crippen MR) is 89.1 cm³/mol. The number of halogens is 1. The van der Waals surface area contributed by atoms with Gasteiger partial charge in [0.15, 0.2) is 0 Å². The van der Waals surface area contributed by atoms with Gasteiger partial charge in [-0.2, -0.15) is 0 Å². The van der Waals surface area contributed by atoms with E-state index in [0.717, 1.165) is 12.0 Å². The molecule has 1 unspecified atom stereocenters. The summed E-state index contributed by atoms with van der Waals surface area (Å²) in [6.45, 7) is 4.58. The standard InChI is InChI=1S/C18H21FO2S/c1-14-4-5-15(2)16(12-14)13-22(20)11-3-10-21-18-8-6-17(19)7-9-18/h4-9,12H,3,10-11,13H2,1-2H3. The Bertz CT molecular complexity index is 638. The average Bonchev–Trinajstić information content (AvgIpc) is 2.49. The third-order valence-electron chi connectivity index (χ3n) is 3.42. The Kier molecular flexibility index (Phi) is 6.13. The van der Waals surface area contributed by atoms with Crippen LogP contribution in [0.3, 0.4) is 0 Å². The van der Waals surface area contributed by atoms with Gasteiger partial charge in [-0.3, -0.25) is 4.21 Å². The zero-order valence-electron chi connectivity index (χ0n) is 13.0. The van der Waals surface area contributed by atoms with Crippen LogP contribution in [0.4, 0.5) is 4.39 Å². The van der Waals surface area contributed by atoms with Gasteiger partial charge >= 0.3 is 0 Å². The minimum atomic E-state index is -0.891. The van der Waals surface area contributed by atoms with E-state index in [9.17, 15) is 8.60 Å². The molecule has 0 saturated carbocycles. The summed E-state index contributed by atoms with van der Waals surface area (Å²) in [7, 11) is -0.891. The molecule has 0 spiro atoms. The summed E-state index contributed by atoms with van der Waals surface area (Å²) < 4.78 is 30.4. The lowest BCUT2D eigenvalue weighted by molar-refractivity contribution is 0.318. The van der Waals surface area contributed by atoms with E-state index < -0.39 is 10.8 Å². The molecule has 118 valence electrons. The second-order valence-electron chi connectivity index (χ2n) is 5.37. The Labute approximate surface area is 133 Å². The van der Waals surface area contributed by atoms with Crippen molar-refractivity contribution >= 4 is 10.8 Å². The number of benzene rings is 2. The molecular formula is C18H21FO2S. The summed E-state index contributed by atoms with van der Waals surface area (Å²) >= 11 is 0. The minimum Gasteiger partial charge on any atom is -0.494 e. The normalized spacial score (nSPS) is 12.1. The second-order valence-corrected chi connectivity index (χ2v) is 6.95. The van der Waals surface area contributed by atoms with Crippen molar-refractivity contribution in [3.63, 3.8) is 0 Å². The maximum absolute atomic E-state index is 12.8. The molecule has 0 aliphatic carbocycles. The van der Waals surface area contributed by atoms with Crippen molar-refractivity contribution in [3.05, 3.63) is 65.0 Å². The highest BCUT2D eigenvalue weighted by Gasteiger charge is 2.05. The van der Waals surface area contributed by atoms with E-state index in [-0.39, 0.29) is 5.82 Å². The zero-order chi connectivity index (χ0) is 15.9. The Morgan fingerprint density at radius 2 is 1.82 bits per heavy atom. The van der Waals surface area contributed by atoms with Crippen LogP contribution in [0.15, 0.2) is 42.5 Å². The lowest BCUT2D eigenvalue weighted by atomic mass is 10.1. The molecule has 0 amide bonds. The van der Waals surface area contributed by atoms with Gasteiger partial charge in [-0.05, 0) is 55.7 Å². The van der Waals surface area contributed by atoms with Gasteiger partial charge in [-0.25, -0.2) is 4.39 Å². The molecule has 2 aromatic carbocycles. The fourth-order valence-corrected chi connectivity index (χ4v) is 3.38. The van der Waals surface area contributed by atoms with E-state index in [1.54, 1.807) is 12.1 Å². The number of aryl methyl sites for hydroxylation is 2. The molecule has 0 radical (unpaired) electrons. The first-order valence-corrected chi connectivity index (χ1v) is 8.83. The molecule has 0 bridgehead atoms. The quantitative estimate of drug-likeness (QED) is 0.716. The number of ether oxygens (including phenoxy) is 1. The fraction of sp³-hybridized carbons (Fsp3) is 0.333. The van der Waals surface area contributed by atoms with Gasteiger partial charge < -0.3 is 4.74 Å². The third kappa shape index (κ3) is 5.26. The summed E-state index contributed by atoms with van der Waals surface area (Å²) in [5, 5.41) is 0. The van der Waals surface area contributed by atoms with Crippen LogP contribution in [-0.4, -0.2) is 16.6 Å². The van der Waals surface area contributed by atoms with Crippen molar-refractivity contribution < 1.29 is 13.3 Å². The van der Waals surface area contributed by atoms with Crippen LogP contribution in [0, 0.1) is 19.7 Å². The van der Waals surface area contributed by atoms with Gasteiger partial charge in [0, 0.05) is 22.3 Å². The maximum atomic E-state index is 12.8. The molecule has 22 heavy (non-hydrogen) atoms. The molecule has 0 aromatic heterocycles. The molecule has 0 N–H and O–H groups in total. The molecular weight excluding hydrogens is 299 g/mol. The van der Waals surface area contributed by atoms with Crippen molar-refractivity contribution in [2.75, 3.05) is 12.4 Å². The third-order valence-corrected chi connectivity index (χ3v) is 4.80. The molecule has 1 atom stereocenters. The zero-order valence-corrected chi connectivity index (χ0v) is 13.8. The van der Waals surface area contributed by atoms with Crippen LogP contribution < -0.4 is 4.74 Å². The lowest BCUT2D eigenvalue weighted by Gasteiger charge is -2.08. The first-order valence-electron chi connectivity index (χ1n) is 7.34. The SMILES string of the molecule is Cc1ccc(C)c(CS(=O)CCCOc2ccc(F)cc2)c1. The van der Waals surface area contributed by atoms with Crippen molar-refractivity contribution in [1.82, 2.24) is 0 Å². The highest BCUT2D eigenvalue weighted by atomic mass is 32.2. The molecule has 2 aromatic rings. The molecule has 2 rings (SSSR count). The Morgan fingerprint density at radius 3 is 2.55 bits per heavy atom. The number of hydrogen-bond acceptors (Lipinski definition) is 2. The fourth-order valence-electron chi connectivity index (χ4n) is 2.14. The van der Waals surface area contributed by atoms with Crippen LogP contribution in [0.5, 0.6) is 5.75 Å². The van der Waals surface area contributed by atoms with Gasteiger partial charge in [0.1, 0.15) is 11.6 Å². The smallest absolute Gasteiger partial charge is 0.123 e. The van der Waals surface area contributed by atoms with Crippen LogP contribution in [-0.2, 0) is 16.6 Å². The molecule has 0 aliphatic heterocycles. The van der Waals surface area contributed by atoms with Crippen LogP contribution in [0.2, 0.25) is 0 Å². The van der Waals surface area contributed by atoms with Crippen molar-refractivity contribution in [1.29, 1.82) is 0 Å². The molecule has 0 aliphatic rings. The first-order chi connectivity index (χ1) is 10.5. The lowest BCUT2D eigenvalue weighted by Crippen LogP contribution is -2.07. The monoisotopic (exact) mass is 320 g/mol. The van der Waals surface area contributed by atoms with Gasteiger partial charge in [-0.15, -0.1) is 0 Å². The van der Waals surface area contributed by atoms with Gasteiger partial charge in [-0.1, -0.05) is 23.8 Å². The van der Waals surface area contributed by atoms with E-state index >= 15 is 0 Å². The molecule has 0 fully saturated rings. The Hall–Kier alpha value is -1.68. The van der Waals surface area contributed by atoms with Gasteiger partial charge in [0.05, 0.1) is 6.61 Å². The van der Waals surface area contributed by atoms with Crippen LogP contribution >= 0.6 is 0 Å². The van der Waals surface area contributed by atoms with Gasteiger partial charge in [0.25, 0.3) is 0 Å². The molecule has 4 heteroatoms. The van der Waals surface area contributed by atoms with E-state index in [1.165, 1.54) is 23.3 Å². The van der Waals surface area contributed by atoms with Gasteiger partial charge in [0.2, 0.25) is 0 Å². The predicted octanol–water partition coefficient (Wildman–Crippen LogP) is 4.16. The van der Waals surface area contributed by atoms with Crippen molar-refractivity contribution in [3.8, 4) is 5.75 Å². The van der Waals surface area contributed by atoms with E-state index in [2.05, 4.69) is 18.2 Å². The van der Waals surface area contributed by atoms with E-state index in [1.807, 2.05) is 13.8 Å². The highest BCUT2D eigenvalue weighted by molar-refractivity contribution is 7.84. The summed E-state index contributed by atoms with van der Waals surface area (Å²) in [6, 6.07) is 12.2. The van der Waals surface area contributed by atoms with E-state index in [0.29, 0.717) is 23.9 Å². The largest absolute Gasteiger partial charge is 0.494 e. The summed E-state index contributed by atoms with van der Waals surface area (Å²) in [5.74, 6) is 1.56. The van der Waals surface area contributed by atoms with Crippen LogP contribution in [0.25, 0.3) is 0 Å². The highest BCUT2D eigenvalue weighted by Crippen LogP contribution is 2.14. The summed E-state index contributed by atoms with van der Waals surface area (Å²) in [6.07, 6.45) is 0.717. The number of hydrogen-bond donors (Lipinski definition) is 0. The average molecular weight is 320 g/mol. The molecule has 0 saturated heterocycles. The Morgan fingerprint density at radius 1 is 1.09 bits per heavy atom. The maximum Gasteiger partial charge on any atom is 0.123 e. The van der Waals surface area contributed by atoms with Crippen molar-refractivity contribution in [2.24, 2.45) is 0 Å². The summed E-state index contributed by atoms with van der Waals surface area (Å²) in [4.78, 5) is 0. The minimum absolute atomic E-state index is 0.276.